The molecule has 1 aliphatic rings. The Bertz CT molecular complexity index is 190. The molecule has 1 aliphatic carbocycles. The fourth-order valence-electron chi connectivity index (χ4n) is 3.25. The zero-order valence-corrected chi connectivity index (χ0v) is 13.2. The highest BCUT2D eigenvalue weighted by Crippen LogP contribution is 2.45. The molecule has 1 nitrogen and oxygen atoms in total. The third kappa shape index (κ3) is 9.49. The van der Waals surface area contributed by atoms with E-state index in [9.17, 15) is 0 Å². The molecule has 19 heavy (non-hydrogen) atoms. The van der Waals surface area contributed by atoms with Crippen LogP contribution in [0.2, 0.25) is 0 Å². The van der Waals surface area contributed by atoms with Crippen molar-refractivity contribution in [1.82, 2.24) is 0 Å². The molecule has 0 amide bonds. The summed E-state index contributed by atoms with van der Waals surface area (Å²) < 4.78 is 0. The molecular weight excluding hydrogens is 232 g/mol. The summed E-state index contributed by atoms with van der Waals surface area (Å²) >= 11 is 0. The molecule has 0 bridgehead atoms. The van der Waals surface area contributed by atoms with Gasteiger partial charge in [-0.05, 0) is 24.7 Å². The lowest BCUT2D eigenvalue weighted by molar-refractivity contribution is 0.282. The number of aliphatic hydroxyl groups is 1. The first-order valence-corrected chi connectivity index (χ1v) is 8.99. The fraction of sp³-hybridized carbons (Fsp3) is 1.00. The zero-order chi connectivity index (χ0) is 13.8. The summed E-state index contributed by atoms with van der Waals surface area (Å²) in [5.41, 5.74) is 0. The normalized spacial score (nSPS) is 21.8. The van der Waals surface area contributed by atoms with Gasteiger partial charge in [0.1, 0.15) is 0 Å². The lowest BCUT2D eigenvalue weighted by Crippen LogP contribution is -1.88. The Morgan fingerprint density at radius 2 is 1.16 bits per heavy atom. The second-order valence-corrected chi connectivity index (χ2v) is 6.59. The minimum absolute atomic E-state index is 0.381. The van der Waals surface area contributed by atoms with Crippen LogP contribution >= 0.6 is 0 Å². The van der Waals surface area contributed by atoms with Crippen molar-refractivity contribution in [1.29, 1.82) is 0 Å². The van der Waals surface area contributed by atoms with Crippen molar-refractivity contribution >= 4 is 0 Å². The third-order valence-electron chi connectivity index (χ3n) is 4.73. The van der Waals surface area contributed by atoms with Crippen molar-refractivity contribution in [3.63, 3.8) is 0 Å². The van der Waals surface area contributed by atoms with Crippen LogP contribution in [0.4, 0.5) is 0 Å². The molecule has 0 aromatic heterocycles. The maximum Gasteiger partial charge on any atom is 0.0431 e. The monoisotopic (exact) mass is 268 g/mol. The minimum atomic E-state index is 0.381. The van der Waals surface area contributed by atoms with Crippen LogP contribution in [-0.4, -0.2) is 11.7 Å². The largest absolute Gasteiger partial charge is 0.396 e. The SMILES string of the molecule is CCCCCCCCCC[C@H]1C[C@H]1CCCCCO. The molecule has 0 spiro atoms. The first-order chi connectivity index (χ1) is 9.38. The first kappa shape index (κ1) is 17.0. The van der Waals surface area contributed by atoms with Gasteiger partial charge in [0.15, 0.2) is 0 Å². The topological polar surface area (TPSA) is 20.2 Å². The van der Waals surface area contributed by atoms with E-state index in [2.05, 4.69) is 6.92 Å². The van der Waals surface area contributed by atoms with E-state index < -0.39 is 0 Å². The molecule has 114 valence electrons. The maximum atomic E-state index is 8.73. The van der Waals surface area contributed by atoms with Gasteiger partial charge in [-0.3, -0.25) is 0 Å². The maximum absolute atomic E-state index is 8.73. The van der Waals surface area contributed by atoms with Gasteiger partial charge >= 0.3 is 0 Å². The quantitative estimate of drug-likeness (QED) is 0.400. The lowest BCUT2D eigenvalue weighted by atomic mass is 10.0. The van der Waals surface area contributed by atoms with E-state index in [0.29, 0.717) is 6.61 Å². The lowest BCUT2D eigenvalue weighted by Gasteiger charge is -2.02. The predicted octanol–water partition coefficient (Wildman–Crippen LogP) is 5.71. The van der Waals surface area contributed by atoms with Gasteiger partial charge in [0.2, 0.25) is 0 Å². The number of hydrogen-bond acceptors (Lipinski definition) is 1. The van der Waals surface area contributed by atoms with Crippen LogP contribution in [0.15, 0.2) is 0 Å². The van der Waals surface area contributed by atoms with Crippen LogP contribution in [0.1, 0.15) is 96.8 Å². The smallest absolute Gasteiger partial charge is 0.0431 e. The molecular formula is C18H36O. The average molecular weight is 268 g/mol. The van der Waals surface area contributed by atoms with Crippen LogP contribution in [0, 0.1) is 11.8 Å². The molecule has 0 aromatic rings. The third-order valence-corrected chi connectivity index (χ3v) is 4.73. The second-order valence-electron chi connectivity index (χ2n) is 6.59. The van der Waals surface area contributed by atoms with Crippen molar-refractivity contribution in [3.8, 4) is 0 Å². The van der Waals surface area contributed by atoms with Crippen LogP contribution in [0.5, 0.6) is 0 Å². The fourth-order valence-corrected chi connectivity index (χ4v) is 3.25. The molecule has 0 saturated heterocycles. The van der Waals surface area contributed by atoms with E-state index >= 15 is 0 Å². The Balaban J connectivity index is 1.74. The Morgan fingerprint density at radius 3 is 1.68 bits per heavy atom. The molecule has 0 radical (unpaired) electrons. The van der Waals surface area contributed by atoms with Crippen molar-refractivity contribution < 1.29 is 5.11 Å². The van der Waals surface area contributed by atoms with Gasteiger partial charge in [0, 0.05) is 6.61 Å². The first-order valence-electron chi connectivity index (χ1n) is 8.99. The number of unbranched alkanes of at least 4 members (excludes halogenated alkanes) is 9. The van der Waals surface area contributed by atoms with Crippen LogP contribution in [0.25, 0.3) is 0 Å². The average Bonchev–Trinajstić information content (AvgIpc) is 3.16. The standard InChI is InChI=1S/C18H36O/c1-2-3-4-5-6-7-8-10-13-17-16-18(17)14-11-9-12-15-19/h17-19H,2-16H2,1H3/t17-,18+/m0/s1. The highest BCUT2D eigenvalue weighted by atomic mass is 16.2. The van der Waals surface area contributed by atoms with E-state index in [1.54, 1.807) is 0 Å². The summed E-state index contributed by atoms with van der Waals surface area (Å²) in [6, 6.07) is 0. The van der Waals surface area contributed by atoms with Crippen molar-refractivity contribution in [2.45, 2.75) is 96.8 Å². The predicted molar refractivity (Wildman–Crippen MR) is 84.4 cm³/mol. The number of hydrogen-bond donors (Lipinski definition) is 1. The van der Waals surface area contributed by atoms with E-state index in [-0.39, 0.29) is 0 Å². The van der Waals surface area contributed by atoms with E-state index in [0.717, 1.165) is 18.3 Å². The molecule has 1 fully saturated rings. The van der Waals surface area contributed by atoms with Gasteiger partial charge in [-0.2, -0.15) is 0 Å². The minimum Gasteiger partial charge on any atom is -0.396 e. The number of rotatable bonds is 14. The molecule has 1 rings (SSSR count). The summed E-state index contributed by atoms with van der Waals surface area (Å²) in [6.07, 6.45) is 19.6. The number of aliphatic hydroxyl groups excluding tert-OH is 1. The zero-order valence-electron chi connectivity index (χ0n) is 13.2. The molecule has 1 heteroatoms. The summed E-state index contributed by atoms with van der Waals surface area (Å²) in [6.45, 7) is 2.67. The van der Waals surface area contributed by atoms with Gasteiger partial charge in [0.05, 0.1) is 0 Å². The van der Waals surface area contributed by atoms with Crippen molar-refractivity contribution in [2.75, 3.05) is 6.61 Å². The molecule has 0 heterocycles. The highest BCUT2D eigenvalue weighted by molar-refractivity contribution is 4.85. The van der Waals surface area contributed by atoms with Crippen molar-refractivity contribution in [2.24, 2.45) is 11.8 Å². The summed E-state index contributed by atoms with van der Waals surface area (Å²) in [5.74, 6) is 2.14. The van der Waals surface area contributed by atoms with Crippen LogP contribution in [0.3, 0.4) is 0 Å². The van der Waals surface area contributed by atoms with Crippen molar-refractivity contribution in [3.05, 3.63) is 0 Å². The molecule has 0 aliphatic heterocycles. The molecule has 2 atom stereocenters. The second kappa shape index (κ2) is 11.8. The van der Waals surface area contributed by atoms with Gasteiger partial charge in [-0.25, -0.2) is 0 Å². The Hall–Kier alpha value is -0.0400. The molecule has 0 unspecified atom stereocenters. The molecule has 1 N–H and O–H groups in total. The van der Waals surface area contributed by atoms with Gasteiger partial charge in [-0.15, -0.1) is 0 Å². The van der Waals surface area contributed by atoms with Crippen LogP contribution < -0.4 is 0 Å². The summed E-state index contributed by atoms with van der Waals surface area (Å²) in [5, 5.41) is 8.73. The van der Waals surface area contributed by atoms with E-state index in [1.807, 2.05) is 0 Å². The van der Waals surface area contributed by atoms with E-state index in [4.69, 9.17) is 5.11 Å². The summed E-state index contributed by atoms with van der Waals surface area (Å²) in [7, 11) is 0. The molecule has 1 saturated carbocycles. The Labute approximate surface area is 121 Å². The van der Waals surface area contributed by atoms with E-state index in [1.165, 1.54) is 83.5 Å². The Morgan fingerprint density at radius 1 is 0.684 bits per heavy atom. The summed E-state index contributed by atoms with van der Waals surface area (Å²) in [4.78, 5) is 0. The van der Waals surface area contributed by atoms with Gasteiger partial charge in [-0.1, -0.05) is 84.0 Å². The van der Waals surface area contributed by atoms with Gasteiger partial charge < -0.3 is 5.11 Å². The van der Waals surface area contributed by atoms with Gasteiger partial charge in [0.25, 0.3) is 0 Å². The molecule has 0 aromatic carbocycles. The van der Waals surface area contributed by atoms with Crippen LogP contribution in [-0.2, 0) is 0 Å². The Kier molecular flexibility index (Phi) is 10.5. The highest BCUT2D eigenvalue weighted by Gasteiger charge is 2.34.